The molecule has 0 aliphatic carbocycles. The number of oxime groups is 1. The third-order valence-electron chi connectivity index (χ3n) is 2.52. The SMILES string of the molecule is C=C[C@H](O/N=C/c1ccccc1)c1ccccc1. The number of benzene rings is 2. The van der Waals surface area contributed by atoms with Gasteiger partial charge in [-0.05, 0) is 17.2 Å². The van der Waals surface area contributed by atoms with E-state index in [1.54, 1.807) is 12.3 Å². The van der Waals surface area contributed by atoms with Gasteiger partial charge in [0.2, 0.25) is 0 Å². The van der Waals surface area contributed by atoms with Gasteiger partial charge in [0.1, 0.15) is 0 Å². The van der Waals surface area contributed by atoms with Gasteiger partial charge < -0.3 is 4.84 Å². The summed E-state index contributed by atoms with van der Waals surface area (Å²) in [6.45, 7) is 3.76. The molecule has 0 spiro atoms. The second-order valence-corrected chi connectivity index (χ2v) is 3.82. The van der Waals surface area contributed by atoms with Crippen LogP contribution in [0.25, 0.3) is 0 Å². The Morgan fingerprint density at radius 1 is 0.944 bits per heavy atom. The van der Waals surface area contributed by atoms with Crippen LogP contribution >= 0.6 is 0 Å². The minimum atomic E-state index is -0.217. The molecule has 0 N–H and O–H groups in total. The predicted molar refractivity (Wildman–Crippen MR) is 74.5 cm³/mol. The molecule has 2 aromatic carbocycles. The zero-order chi connectivity index (χ0) is 12.6. The molecule has 0 radical (unpaired) electrons. The van der Waals surface area contributed by atoms with E-state index >= 15 is 0 Å². The molecule has 0 fully saturated rings. The number of hydrogen-bond donors (Lipinski definition) is 0. The van der Waals surface area contributed by atoms with E-state index in [0.29, 0.717) is 0 Å². The normalized spacial score (nSPS) is 12.2. The van der Waals surface area contributed by atoms with Gasteiger partial charge in [0.25, 0.3) is 0 Å². The highest BCUT2D eigenvalue weighted by atomic mass is 16.6. The molecule has 0 aliphatic rings. The smallest absolute Gasteiger partial charge is 0.170 e. The number of rotatable bonds is 5. The largest absolute Gasteiger partial charge is 0.383 e. The Bertz CT molecular complexity index is 505. The molecule has 0 unspecified atom stereocenters. The summed E-state index contributed by atoms with van der Waals surface area (Å²) in [4.78, 5) is 5.43. The molecule has 18 heavy (non-hydrogen) atoms. The van der Waals surface area contributed by atoms with Crippen LogP contribution in [0.3, 0.4) is 0 Å². The molecule has 0 heterocycles. The zero-order valence-corrected chi connectivity index (χ0v) is 10.1. The zero-order valence-electron chi connectivity index (χ0n) is 10.1. The molecule has 0 amide bonds. The van der Waals surface area contributed by atoms with Crippen molar-refractivity contribution in [2.75, 3.05) is 0 Å². The third-order valence-corrected chi connectivity index (χ3v) is 2.52. The van der Waals surface area contributed by atoms with E-state index < -0.39 is 0 Å². The lowest BCUT2D eigenvalue weighted by Crippen LogP contribution is -1.96. The Kier molecular flexibility index (Phi) is 4.31. The maximum atomic E-state index is 5.43. The molecule has 0 saturated heterocycles. The van der Waals surface area contributed by atoms with Crippen molar-refractivity contribution in [3.8, 4) is 0 Å². The Morgan fingerprint density at radius 2 is 1.56 bits per heavy atom. The lowest BCUT2D eigenvalue weighted by atomic mass is 10.1. The standard InChI is InChI=1S/C16H15NO/c1-2-16(15-11-7-4-8-12-15)18-17-13-14-9-5-3-6-10-14/h2-13,16H,1H2/b17-13+/t16-/m0/s1. The average molecular weight is 237 g/mol. The minimum absolute atomic E-state index is 0.217. The molecule has 90 valence electrons. The van der Waals surface area contributed by atoms with Crippen LogP contribution in [0.5, 0.6) is 0 Å². The van der Waals surface area contributed by atoms with Gasteiger partial charge in [0, 0.05) is 0 Å². The summed E-state index contributed by atoms with van der Waals surface area (Å²) in [5.74, 6) is 0. The van der Waals surface area contributed by atoms with Crippen molar-refractivity contribution in [2.24, 2.45) is 5.16 Å². The lowest BCUT2D eigenvalue weighted by Gasteiger charge is -2.10. The topological polar surface area (TPSA) is 21.6 Å². The molecule has 2 aromatic rings. The first-order valence-electron chi connectivity index (χ1n) is 5.82. The van der Waals surface area contributed by atoms with E-state index in [9.17, 15) is 0 Å². The first-order valence-corrected chi connectivity index (χ1v) is 5.82. The van der Waals surface area contributed by atoms with E-state index in [0.717, 1.165) is 11.1 Å². The summed E-state index contributed by atoms with van der Waals surface area (Å²) in [5.41, 5.74) is 2.05. The summed E-state index contributed by atoms with van der Waals surface area (Å²) in [6, 6.07) is 19.7. The summed E-state index contributed by atoms with van der Waals surface area (Å²) < 4.78 is 0. The van der Waals surface area contributed by atoms with Crippen LogP contribution in [-0.2, 0) is 4.84 Å². The first kappa shape index (κ1) is 12.1. The maximum Gasteiger partial charge on any atom is 0.170 e. The first-order chi connectivity index (χ1) is 8.90. The van der Waals surface area contributed by atoms with Crippen molar-refractivity contribution in [1.82, 2.24) is 0 Å². The van der Waals surface area contributed by atoms with E-state index in [1.807, 2.05) is 60.7 Å². The van der Waals surface area contributed by atoms with Gasteiger partial charge in [0.15, 0.2) is 6.10 Å². The van der Waals surface area contributed by atoms with Crippen molar-refractivity contribution < 1.29 is 4.84 Å². The molecular formula is C16H15NO. The Hall–Kier alpha value is -2.35. The van der Waals surface area contributed by atoms with E-state index in [1.165, 1.54) is 0 Å². The van der Waals surface area contributed by atoms with Crippen LogP contribution < -0.4 is 0 Å². The molecule has 2 nitrogen and oxygen atoms in total. The fourth-order valence-electron chi connectivity index (χ4n) is 1.58. The third kappa shape index (κ3) is 3.32. The van der Waals surface area contributed by atoms with Crippen molar-refractivity contribution in [1.29, 1.82) is 0 Å². The highest BCUT2D eigenvalue weighted by Crippen LogP contribution is 2.17. The summed E-state index contributed by atoms with van der Waals surface area (Å²) in [7, 11) is 0. The van der Waals surface area contributed by atoms with E-state index in [4.69, 9.17) is 4.84 Å². The summed E-state index contributed by atoms with van der Waals surface area (Å²) >= 11 is 0. The van der Waals surface area contributed by atoms with Gasteiger partial charge in [-0.1, -0.05) is 72.4 Å². The number of nitrogens with zero attached hydrogens (tertiary/aromatic N) is 1. The van der Waals surface area contributed by atoms with E-state index in [2.05, 4.69) is 11.7 Å². The average Bonchev–Trinajstić information content (AvgIpc) is 2.46. The molecule has 0 aliphatic heterocycles. The second kappa shape index (κ2) is 6.40. The fraction of sp³-hybridized carbons (Fsp3) is 0.0625. The highest BCUT2D eigenvalue weighted by Gasteiger charge is 2.06. The van der Waals surface area contributed by atoms with Gasteiger partial charge in [-0.15, -0.1) is 0 Å². The van der Waals surface area contributed by atoms with Gasteiger partial charge in [-0.3, -0.25) is 0 Å². The van der Waals surface area contributed by atoms with Crippen molar-refractivity contribution in [3.05, 3.63) is 84.4 Å². The van der Waals surface area contributed by atoms with Crippen molar-refractivity contribution in [3.63, 3.8) is 0 Å². The summed E-state index contributed by atoms with van der Waals surface area (Å²) in [6.07, 6.45) is 3.21. The van der Waals surface area contributed by atoms with E-state index in [-0.39, 0.29) is 6.10 Å². The highest BCUT2D eigenvalue weighted by molar-refractivity contribution is 5.78. The molecular weight excluding hydrogens is 222 g/mol. The van der Waals surface area contributed by atoms with Gasteiger partial charge >= 0.3 is 0 Å². The van der Waals surface area contributed by atoms with Crippen LogP contribution in [0, 0.1) is 0 Å². The van der Waals surface area contributed by atoms with Crippen LogP contribution in [0.4, 0.5) is 0 Å². The van der Waals surface area contributed by atoms with Gasteiger partial charge in [-0.25, -0.2) is 0 Å². The second-order valence-electron chi connectivity index (χ2n) is 3.82. The van der Waals surface area contributed by atoms with Crippen LogP contribution in [-0.4, -0.2) is 6.21 Å². The Labute approximate surface area is 107 Å². The predicted octanol–water partition coefficient (Wildman–Crippen LogP) is 3.96. The molecule has 0 bridgehead atoms. The quantitative estimate of drug-likeness (QED) is 0.438. The maximum absolute atomic E-state index is 5.43. The number of hydrogen-bond acceptors (Lipinski definition) is 2. The van der Waals surface area contributed by atoms with Gasteiger partial charge in [-0.2, -0.15) is 0 Å². The minimum Gasteiger partial charge on any atom is -0.383 e. The Morgan fingerprint density at radius 3 is 2.17 bits per heavy atom. The van der Waals surface area contributed by atoms with Gasteiger partial charge in [0.05, 0.1) is 6.21 Å². The van der Waals surface area contributed by atoms with Crippen LogP contribution in [0.1, 0.15) is 17.2 Å². The Balaban J connectivity index is 2.00. The molecule has 2 heteroatoms. The molecule has 0 aromatic heterocycles. The van der Waals surface area contributed by atoms with Crippen molar-refractivity contribution >= 4 is 6.21 Å². The van der Waals surface area contributed by atoms with Crippen molar-refractivity contribution in [2.45, 2.75) is 6.10 Å². The molecule has 0 saturated carbocycles. The lowest BCUT2D eigenvalue weighted by molar-refractivity contribution is 0.0945. The summed E-state index contributed by atoms with van der Waals surface area (Å²) in [5, 5.41) is 3.99. The monoisotopic (exact) mass is 237 g/mol. The molecule has 1 atom stereocenters. The molecule has 2 rings (SSSR count). The van der Waals surface area contributed by atoms with Crippen LogP contribution in [0.2, 0.25) is 0 Å². The van der Waals surface area contributed by atoms with Crippen LogP contribution in [0.15, 0.2) is 78.5 Å². The fourth-order valence-corrected chi connectivity index (χ4v) is 1.58.